The van der Waals surface area contributed by atoms with Crippen LogP contribution in [-0.2, 0) is 4.79 Å². The summed E-state index contributed by atoms with van der Waals surface area (Å²) in [6.45, 7) is 2.23. The lowest BCUT2D eigenvalue weighted by molar-refractivity contribution is -0.135. The van der Waals surface area contributed by atoms with Gasteiger partial charge in [-0.1, -0.05) is 0 Å². The van der Waals surface area contributed by atoms with Gasteiger partial charge in [0.15, 0.2) is 0 Å². The topological polar surface area (TPSA) is 52.6 Å². The number of amides is 1. The molecule has 0 spiro atoms. The van der Waals surface area contributed by atoms with Crippen molar-refractivity contribution in [1.82, 2.24) is 10.2 Å². The lowest BCUT2D eigenvalue weighted by Crippen LogP contribution is -2.53. The van der Waals surface area contributed by atoms with Gasteiger partial charge in [0.05, 0.1) is 12.6 Å². The molecule has 4 nitrogen and oxygen atoms in total. The Morgan fingerprint density at radius 3 is 2.53 bits per heavy atom. The quantitative estimate of drug-likeness (QED) is 0.679. The number of nitrogens with one attached hydrogen (secondary N) is 1. The normalized spacial score (nSPS) is 32.3. The lowest BCUT2D eigenvalue weighted by Gasteiger charge is -2.38. The number of nitrogens with zero attached hydrogens (tertiary/aromatic N) is 1. The maximum Gasteiger partial charge on any atom is 0.236 e. The van der Waals surface area contributed by atoms with Gasteiger partial charge >= 0.3 is 0 Å². The van der Waals surface area contributed by atoms with Crippen LogP contribution in [0.2, 0.25) is 0 Å². The third-order valence-electron chi connectivity index (χ3n) is 3.23. The number of piperazine rings is 1. The first-order valence-electron chi connectivity index (χ1n) is 5.45. The zero-order valence-corrected chi connectivity index (χ0v) is 9.63. The van der Waals surface area contributed by atoms with Gasteiger partial charge in [-0.25, -0.2) is 0 Å². The van der Waals surface area contributed by atoms with Gasteiger partial charge in [-0.2, -0.15) is 0 Å². The van der Waals surface area contributed by atoms with Crippen LogP contribution < -0.4 is 5.32 Å². The van der Waals surface area contributed by atoms with Gasteiger partial charge in [-0.3, -0.25) is 4.79 Å². The summed E-state index contributed by atoms with van der Waals surface area (Å²) in [7, 11) is 0. The highest BCUT2D eigenvalue weighted by Crippen LogP contribution is 2.23. The van der Waals surface area contributed by atoms with Crippen LogP contribution in [0.4, 0.5) is 0 Å². The second-order valence-electron chi connectivity index (χ2n) is 4.23. The minimum atomic E-state index is -0.135. The number of carbonyl (C=O) groups excluding carboxylic acids is 1. The summed E-state index contributed by atoms with van der Waals surface area (Å²) < 4.78 is 0. The van der Waals surface area contributed by atoms with Crippen molar-refractivity contribution in [3.8, 4) is 0 Å². The van der Waals surface area contributed by atoms with Gasteiger partial charge in [-0.15, -0.1) is 12.4 Å². The molecule has 1 amide bonds. The average molecular weight is 235 g/mol. The fourth-order valence-electron chi connectivity index (χ4n) is 2.38. The highest BCUT2D eigenvalue weighted by atomic mass is 35.5. The van der Waals surface area contributed by atoms with Gasteiger partial charge in [0.25, 0.3) is 0 Å². The van der Waals surface area contributed by atoms with E-state index in [0.717, 1.165) is 38.8 Å². The zero-order valence-electron chi connectivity index (χ0n) is 8.82. The summed E-state index contributed by atoms with van der Waals surface area (Å²) >= 11 is 0. The van der Waals surface area contributed by atoms with Crippen LogP contribution in [-0.4, -0.2) is 47.7 Å². The lowest BCUT2D eigenvalue weighted by atomic mass is 9.91. The zero-order chi connectivity index (χ0) is 9.97. The van der Waals surface area contributed by atoms with Crippen molar-refractivity contribution in [1.29, 1.82) is 0 Å². The molecule has 0 radical (unpaired) electrons. The van der Waals surface area contributed by atoms with Crippen molar-refractivity contribution in [3.63, 3.8) is 0 Å². The van der Waals surface area contributed by atoms with Crippen molar-refractivity contribution in [2.75, 3.05) is 19.6 Å². The molecule has 0 unspecified atom stereocenters. The Morgan fingerprint density at radius 2 is 1.93 bits per heavy atom. The molecule has 0 aromatic heterocycles. The van der Waals surface area contributed by atoms with E-state index in [2.05, 4.69) is 5.32 Å². The number of halogens is 1. The van der Waals surface area contributed by atoms with Crippen molar-refractivity contribution in [2.45, 2.75) is 37.8 Å². The van der Waals surface area contributed by atoms with Crippen LogP contribution in [0.1, 0.15) is 25.7 Å². The van der Waals surface area contributed by atoms with Crippen LogP contribution >= 0.6 is 12.4 Å². The van der Waals surface area contributed by atoms with Gasteiger partial charge in [0, 0.05) is 19.1 Å². The summed E-state index contributed by atoms with van der Waals surface area (Å²) in [6.07, 6.45) is 3.49. The molecule has 0 aromatic rings. The number of aliphatic hydroxyl groups excluding tert-OH is 1. The van der Waals surface area contributed by atoms with E-state index in [4.69, 9.17) is 0 Å². The fourth-order valence-corrected chi connectivity index (χ4v) is 2.38. The van der Waals surface area contributed by atoms with E-state index < -0.39 is 0 Å². The maximum absolute atomic E-state index is 11.6. The Kier molecular flexibility index (Phi) is 4.83. The fraction of sp³-hybridized carbons (Fsp3) is 0.900. The second kappa shape index (κ2) is 5.68. The SMILES string of the molecule is Cl.O=C1CNCCN1[C@H]1CC[C@@H](O)CC1. The largest absolute Gasteiger partial charge is 0.393 e. The Hall–Kier alpha value is -0.320. The molecule has 2 aliphatic rings. The van der Waals surface area contributed by atoms with Gasteiger partial charge in [-0.05, 0) is 25.7 Å². The van der Waals surface area contributed by atoms with Gasteiger partial charge in [0.2, 0.25) is 5.91 Å². The van der Waals surface area contributed by atoms with Crippen LogP contribution in [0.3, 0.4) is 0 Å². The van der Waals surface area contributed by atoms with Crippen molar-refractivity contribution >= 4 is 18.3 Å². The average Bonchev–Trinajstić information content (AvgIpc) is 2.20. The predicted octanol–water partition coefficient (Wildman–Crippen LogP) is 0.143. The van der Waals surface area contributed by atoms with Crippen molar-refractivity contribution in [2.24, 2.45) is 0 Å². The molecule has 1 heterocycles. The number of carbonyl (C=O) groups is 1. The van der Waals surface area contributed by atoms with Crippen molar-refractivity contribution in [3.05, 3.63) is 0 Å². The third-order valence-corrected chi connectivity index (χ3v) is 3.23. The monoisotopic (exact) mass is 234 g/mol. The highest BCUT2D eigenvalue weighted by molar-refractivity contribution is 5.85. The van der Waals surface area contributed by atoms with E-state index in [9.17, 15) is 9.90 Å². The van der Waals surface area contributed by atoms with Crippen molar-refractivity contribution < 1.29 is 9.90 Å². The molecule has 2 N–H and O–H groups in total. The maximum atomic E-state index is 11.6. The smallest absolute Gasteiger partial charge is 0.236 e. The van der Waals surface area contributed by atoms with E-state index >= 15 is 0 Å². The molecule has 88 valence electrons. The van der Waals surface area contributed by atoms with Gasteiger partial charge < -0.3 is 15.3 Å². The molecule has 1 aliphatic carbocycles. The third kappa shape index (κ3) is 3.06. The van der Waals surface area contributed by atoms with E-state index in [1.165, 1.54) is 0 Å². The summed E-state index contributed by atoms with van der Waals surface area (Å²) in [5.41, 5.74) is 0. The highest BCUT2D eigenvalue weighted by Gasteiger charge is 2.29. The number of rotatable bonds is 1. The molecule has 5 heteroatoms. The molecule has 0 aromatic carbocycles. The minimum Gasteiger partial charge on any atom is -0.393 e. The molecule has 15 heavy (non-hydrogen) atoms. The summed E-state index contributed by atoms with van der Waals surface area (Å²) in [6, 6.07) is 0.382. The molecule has 1 aliphatic heterocycles. The van der Waals surface area contributed by atoms with E-state index in [0.29, 0.717) is 12.6 Å². The molecular formula is C10H19ClN2O2. The Labute approximate surface area is 96.4 Å². The van der Waals surface area contributed by atoms with Crippen LogP contribution in [0.25, 0.3) is 0 Å². The molecule has 1 saturated carbocycles. The Bertz CT molecular complexity index is 217. The Morgan fingerprint density at radius 1 is 1.27 bits per heavy atom. The summed E-state index contributed by atoms with van der Waals surface area (Å²) in [4.78, 5) is 13.6. The standard InChI is InChI=1S/C10H18N2O2.ClH/c13-9-3-1-8(2-4-9)12-6-5-11-7-10(12)14;/h8-9,11,13H,1-7H2;1H/t8-,9+;. The summed E-state index contributed by atoms with van der Waals surface area (Å²) in [5, 5.41) is 12.4. The molecular weight excluding hydrogens is 216 g/mol. The first kappa shape index (κ1) is 12.7. The molecule has 2 rings (SSSR count). The van der Waals surface area contributed by atoms with E-state index in [1.54, 1.807) is 0 Å². The van der Waals surface area contributed by atoms with Crippen LogP contribution in [0, 0.1) is 0 Å². The first-order chi connectivity index (χ1) is 6.77. The Balaban J connectivity index is 0.00000112. The number of aliphatic hydroxyl groups is 1. The number of hydrogen-bond acceptors (Lipinski definition) is 3. The summed E-state index contributed by atoms with van der Waals surface area (Å²) in [5.74, 6) is 0.220. The molecule has 2 fully saturated rings. The van der Waals surface area contributed by atoms with E-state index in [-0.39, 0.29) is 24.4 Å². The second-order valence-corrected chi connectivity index (χ2v) is 4.23. The molecule has 0 bridgehead atoms. The van der Waals surface area contributed by atoms with Crippen LogP contribution in [0.15, 0.2) is 0 Å². The van der Waals surface area contributed by atoms with Gasteiger partial charge in [0.1, 0.15) is 0 Å². The van der Waals surface area contributed by atoms with Crippen LogP contribution in [0.5, 0.6) is 0 Å². The molecule has 1 saturated heterocycles. The molecule has 0 atom stereocenters. The minimum absolute atomic E-state index is 0. The predicted molar refractivity (Wildman–Crippen MR) is 60.1 cm³/mol. The van der Waals surface area contributed by atoms with E-state index in [1.807, 2.05) is 4.90 Å². The number of hydrogen-bond donors (Lipinski definition) is 2. The first-order valence-corrected chi connectivity index (χ1v) is 5.45.